The van der Waals surface area contributed by atoms with Crippen molar-refractivity contribution in [1.82, 2.24) is 0 Å². The largest absolute Gasteiger partial charge is 0.495 e. The van der Waals surface area contributed by atoms with Crippen LogP contribution in [0.25, 0.3) is 21.9 Å². The van der Waals surface area contributed by atoms with E-state index in [1.165, 1.54) is 37.4 Å². The summed E-state index contributed by atoms with van der Waals surface area (Å²) < 4.78 is 63.8. The van der Waals surface area contributed by atoms with Crippen LogP contribution in [-0.4, -0.2) is 26.6 Å². The van der Waals surface area contributed by atoms with Crippen molar-refractivity contribution in [2.45, 2.75) is 11.3 Å². The van der Waals surface area contributed by atoms with Crippen molar-refractivity contribution in [2.75, 3.05) is 11.8 Å². The Hall–Kier alpha value is -3.69. The number of rotatable bonds is 7. The Morgan fingerprint density at radius 2 is 1.71 bits per heavy atom. The van der Waals surface area contributed by atoms with E-state index < -0.39 is 34.0 Å². The molecule has 0 spiro atoms. The van der Waals surface area contributed by atoms with Crippen molar-refractivity contribution in [3.05, 3.63) is 89.0 Å². The van der Waals surface area contributed by atoms with Crippen molar-refractivity contribution in [2.24, 2.45) is 0 Å². The van der Waals surface area contributed by atoms with Crippen LogP contribution in [-0.2, 0) is 21.2 Å². The fourth-order valence-electron chi connectivity index (χ4n) is 3.82. The van der Waals surface area contributed by atoms with Crippen LogP contribution in [0.1, 0.15) is 5.56 Å². The molecule has 4 aromatic rings. The van der Waals surface area contributed by atoms with Crippen LogP contribution < -0.4 is 9.46 Å². The summed E-state index contributed by atoms with van der Waals surface area (Å²) in [5.41, 5.74) is -0.00339. The molecule has 0 saturated heterocycles. The molecular formula is C25H18ClF2NO5S. The average molecular weight is 518 g/mol. The number of sulfonamides is 1. The number of aliphatic carboxylic acids is 1. The van der Waals surface area contributed by atoms with Gasteiger partial charge in [0.2, 0.25) is 0 Å². The lowest BCUT2D eigenvalue weighted by Gasteiger charge is -2.18. The minimum absolute atomic E-state index is 0.0296. The lowest BCUT2D eigenvalue weighted by Crippen LogP contribution is -2.14. The first kappa shape index (κ1) is 24.4. The lowest BCUT2D eigenvalue weighted by atomic mass is 9.99. The summed E-state index contributed by atoms with van der Waals surface area (Å²) in [6.45, 7) is 0. The molecule has 6 nitrogen and oxygen atoms in total. The molecule has 4 aromatic carbocycles. The SMILES string of the molecule is COc1c(-c2cccc(Cl)c2F)cc(S(=O)(=O)Nc2ccc(F)c(CC(=O)O)c2)c2ccccc12. The monoisotopic (exact) mass is 517 g/mol. The molecule has 0 radical (unpaired) electrons. The van der Waals surface area contributed by atoms with Gasteiger partial charge in [-0.05, 0) is 30.3 Å². The molecule has 0 aliphatic heterocycles. The van der Waals surface area contributed by atoms with Crippen molar-refractivity contribution in [3.63, 3.8) is 0 Å². The van der Waals surface area contributed by atoms with Crippen molar-refractivity contribution < 1.29 is 31.8 Å². The average Bonchev–Trinajstić information content (AvgIpc) is 2.81. The number of ether oxygens (including phenoxy) is 1. The molecule has 0 aliphatic carbocycles. The van der Waals surface area contributed by atoms with E-state index in [0.29, 0.717) is 10.8 Å². The molecule has 4 rings (SSSR count). The summed E-state index contributed by atoms with van der Waals surface area (Å²) in [4.78, 5) is 10.8. The Morgan fingerprint density at radius 1 is 1.00 bits per heavy atom. The smallest absolute Gasteiger partial charge is 0.307 e. The van der Waals surface area contributed by atoms with E-state index in [-0.39, 0.29) is 38.0 Å². The molecule has 0 bridgehead atoms. The number of nitrogens with one attached hydrogen (secondary N) is 1. The number of carboxylic acids is 1. The third-order valence-electron chi connectivity index (χ3n) is 5.33. The molecule has 0 aromatic heterocycles. The van der Waals surface area contributed by atoms with Crippen LogP contribution in [0.15, 0.2) is 71.6 Å². The topological polar surface area (TPSA) is 92.7 Å². The van der Waals surface area contributed by atoms with Gasteiger partial charge in [-0.15, -0.1) is 0 Å². The van der Waals surface area contributed by atoms with Crippen LogP contribution >= 0.6 is 11.6 Å². The van der Waals surface area contributed by atoms with Crippen LogP contribution in [0.4, 0.5) is 14.5 Å². The molecule has 0 atom stereocenters. The molecule has 0 aliphatic rings. The van der Waals surface area contributed by atoms with Crippen molar-refractivity contribution in [1.29, 1.82) is 0 Å². The molecule has 35 heavy (non-hydrogen) atoms. The Bertz CT molecular complexity index is 1570. The van der Waals surface area contributed by atoms with Gasteiger partial charge in [0.05, 0.1) is 23.4 Å². The number of hydrogen-bond donors (Lipinski definition) is 2. The van der Waals surface area contributed by atoms with Gasteiger partial charge in [-0.1, -0.05) is 48.0 Å². The minimum Gasteiger partial charge on any atom is -0.495 e. The Morgan fingerprint density at radius 3 is 2.40 bits per heavy atom. The number of carboxylic acid groups (broad SMARTS) is 1. The first-order valence-electron chi connectivity index (χ1n) is 10.2. The molecule has 0 saturated carbocycles. The third kappa shape index (κ3) is 4.78. The highest BCUT2D eigenvalue weighted by Crippen LogP contribution is 2.42. The highest BCUT2D eigenvalue weighted by Gasteiger charge is 2.25. The molecule has 0 heterocycles. The maximum Gasteiger partial charge on any atom is 0.307 e. The van der Waals surface area contributed by atoms with E-state index in [0.717, 1.165) is 12.1 Å². The summed E-state index contributed by atoms with van der Waals surface area (Å²) in [5.74, 6) is -2.52. The first-order chi connectivity index (χ1) is 16.6. The van der Waals surface area contributed by atoms with Gasteiger partial charge in [-0.3, -0.25) is 9.52 Å². The Balaban J connectivity index is 1.92. The second-order valence-corrected chi connectivity index (χ2v) is 9.64. The molecule has 10 heteroatoms. The Labute approximate surface area is 204 Å². The molecule has 180 valence electrons. The molecule has 0 fully saturated rings. The van der Waals surface area contributed by atoms with Gasteiger partial charge in [-0.2, -0.15) is 0 Å². The zero-order valence-corrected chi connectivity index (χ0v) is 19.8. The van der Waals surface area contributed by atoms with E-state index >= 15 is 0 Å². The van der Waals surface area contributed by atoms with Gasteiger partial charge >= 0.3 is 5.97 Å². The molecule has 0 amide bonds. The van der Waals surface area contributed by atoms with E-state index in [4.69, 9.17) is 21.4 Å². The molecular weight excluding hydrogens is 500 g/mol. The van der Waals surface area contributed by atoms with Crippen molar-refractivity contribution in [3.8, 4) is 16.9 Å². The fraction of sp³-hybridized carbons (Fsp3) is 0.0800. The normalized spacial score (nSPS) is 11.4. The van der Waals surface area contributed by atoms with E-state index in [1.54, 1.807) is 24.3 Å². The molecule has 0 unspecified atom stereocenters. The number of methoxy groups -OCH3 is 1. The summed E-state index contributed by atoms with van der Waals surface area (Å²) in [7, 11) is -2.92. The number of fused-ring (bicyclic) bond motifs is 1. The van der Waals surface area contributed by atoms with Crippen LogP contribution in [0.3, 0.4) is 0 Å². The number of anilines is 1. The fourth-order valence-corrected chi connectivity index (χ4v) is 5.28. The van der Waals surface area contributed by atoms with Crippen molar-refractivity contribution >= 4 is 44.1 Å². The predicted octanol–water partition coefficient (Wildman–Crippen LogP) is 5.87. The van der Waals surface area contributed by atoms with Gasteiger partial charge in [0, 0.05) is 33.2 Å². The summed E-state index contributed by atoms with van der Waals surface area (Å²) in [5, 5.41) is 9.56. The van der Waals surface area contributed by atoms with Gasteiger partial charge in [0.15, 0.2) is 0 Å². The van der Waals surface area contributed by atoms with Gasteiger partial charge in [0.25, 0.3) is 10.0 Å². The summed E-state index contributed by atoms with van der Waals surface area (Å²) in [6.07, 6.45) is -0.620. The second kappa shape index (κ2) is 9.52. The third-order valence-corrected chi connectivity index (χ3v) is 7.05. The summed E-state index contributed by atoms with van der Waals surface area (Å²) in [6, 6.07) is 15.5. The van der Waals surface area contributed by atoms with E-state index in [1.807, 2.05) is 0 Å². The quantitative estimate of drug-likeness (QED) is 0.319. The number of hydrogen-bond acceptors (Lipinski definition) is 4. The first-order valence-corrected chi connectivity index (χ1v) is 12.1. The lowest BCUT2D eigenvalue weighted by molar-refractivity contribution is -0.136. The number of halogens is 3. The predicted molar refractivity (Wildman–Crippen MR) is 129 cm³/mol. The second-order valence-electron chi connectivity index (χ2n) is 7.58. The zero-order chi connectivity index (χ0) is 25.3. The standard InChI is InChI=1S/C25H18ClF2NO5S/c1-34-25-18-6-3-2-5-16(18)22(13-19(25)17-7-4-8-20(26)24(17)28)35(32,33)29-15-9-10-21(27)14(11-15)12-23(30)31/h2-11,13,29H,12H2,1H3,(H,30,31). The maximum absolute atomic E-state index is 14.9. The van der Waals surface area contributed by atoms with Gasteiger partial charge in [0.1, 0.15) is 17.4 Å². The van der Waals surface area contributed by atoms with E-state index in [9.17, 15) is 22.0 Å². The molecule has 2 N–H and O–H groups in total. The highest BCUT2D eigenvalue weighted by atomic mass is 35.5. The number of carbonyl (C=O) groups is 1. The zero-order valence-electron chi connectivity index (χ0n) is 18.2. The van der Waals surface area contributed by atoms with Crippen LogP contribution in [0.2, 0.25) is 5.02 Å². The number of benzene rings is 4. The van der Waals surface area contributed by atoms with Gasteiger partial charge in [-0.25, -0.2) is 17.2 Å². The van der Waals surface area contributed by atoms with Crippen LogP contribution in [0, 0.1) is 11.6 Å². The van der Waals surface area contributed by atoms with E-state index in [2.05, 4.69) is 4.72 Å². The highest BCUT2D eigenvalue weighted by molar-refractivity contribution is 7.93. The Kier molecular flexibility index (Phi) is 6.64. The minimum atomic E-state index is -4.31. The van der Waals surface area contributed by atoms with Gasteiger partial charge < -0.3 is 9.84 Å². The van der Waals surface area contributed by atoms with Crippen LogP contribution in [0.5, 0.6) is 5.75 Å². The summed E-state index contributed by atoms with van der Waals surface area (Å²) >= 11 is 5.96. The maximum atomic E-state index is 14.9.